The zero-order valence-corrected chi connectivity index (χ0v) is 16.3. The fourth-order valence-electron chi connectivity index (χ4n) is 2.93. The minimum Gasteiger partial charge on any atom is -0.379 e. The number of rotatable bonds is 5. The lowest BCUT2D eigenvalue weighted by Crippen LogP contribution is -2.40. The van der Waals surface area contributed by atoms with Crippen molar-refractivity contribution >= 4 is 27.2 Å². The minimum atomic E-state index is -3.50. The van der Waals surface area contributed by atoms with Crippen molar-refractivity contribution in [3.8, 4) is 0 Å². The van der Waals surface area contributed by atoms with Crippen LogP contribution in [-0.4, -0.2) is 44.0 Å². The average molecular weight is 382 g/mol. The van der Waals surface area contributed by atoms with Crippen molar-refractivity contribution < 1.29 is 13.2 Å². The van der Waals surface area contributed by atoms with E-state index in [1.165, 1.54) is 25.8 Å². The monoisotopic (exact) mass is 381 g/mol. The van der Waals surface area contributed by atoms with Gasteiger partial charge in [0.2, 0.25) is 10.0 Å². The molecule has 0 bridgehead atoms. The molecule has 0 aliphatic carbocycles. The fourth-order valence-corrected chi connectivity index (χ4v) is 5.31. The number of hydrogen-bond acceptors (Lipinski definition) is 6. The van der Waals surface area contributed by atoms with Gasteiger partial charge in [-0.25, -0.2) is 13.4 Å². The molecule has 3 heterocycles. The van der Waals surface area contributed by atoms with Gasteiger partial charge in [-0.15, -0.1) is 11.3 Å². The van der Waals surface area contributed by atoms with Gasteiger partial charge in [0, 0.05) is 29.0 Å². The summed E-state index contributed by atoms with van der Waals surface area (Å²) in [5, 5.41) is 3.34. The van der Waals surface area contributed by atoms with E-state index in [9.17, 15) is 8.42 Å². The van der Waals surface area contributed by atoms with Crippen molar-refractivity contribution in [3.05, 3.63) is 39.7 Å². The number of sulfonamides is 1. The molecule has 3 rings (SSSR count). The highest BCUT2D eigenvalue weighted by atomic mass is 32.2. The Morgan fingerprint density at radius 3 is 2.56 bits per heavy atom. The first-order valence-electron chi connectivity index (χ1n) is 8.25. The summed E-state index contributed by atoms with van der Waals surface area (Å²) in [5.74, 6) is 0.664. The van der Waals surface area contributed by atoms with Crippen LogP contribution in [0.4, 0.5) is 5.82 Å². The van der Waals surface area contributed by atoms with E-state index < -0.39 is 10.0 Å². The molecule has 6 nitrogen and oxygen atoms in total. The highest BCUT2D eigenvalue weighted by molar-refractivity contribution is 7.89. The molecule has 2 aromatic rings. The lowest BCUT2D eigenvalue weighted by molar-refractivity contribution is 0.0730. The van der Waals surface area contributed by atoms with Gasteiger partial charge in [-0.2, -0.15) is 4.31 Å². The summed E-state index contributed by atoms with van der Waals surface area (Å²) in [7, 11) is -3.50. The van der Waals surface area contributed by atoms with E-state index in [1.807, 2.05) is 0 Å². The molecule has 1 atom stereocenters. The van der Waals surface area contributed by atoms with Crippen LogP contribution in [-0.2, 0) is 14.8 Å². The molecule has 0 spiro atoms. The largest absolute Gasteiger partial charge is 0.379 e. The molecule has 25 heavy (non-hydrogen) atoms. The number of pyridine rings is 1. The van der Waals surface area contributed by atoms with E-state index >= 15 is 0 Å². The van der Waals surface area contributed by atoms with Crippen molar-refractivity contribution in [2.24, 2.45) is 0 Å². The molecule has 136 valence electrons. The third kappa shape index (κ3) is 4.03. The maximum Gasteiger partial charge on any atom is 0.244 e. The minimum absolute atomic E-state index is 0.110. The van der Waals surface area contributed by atoms with Gasteiger partial charge in [0.15, 0.2) is 0 Å². The summed E-state index contributed by atoms with van der Waals surface area (Å²) in [6, 6.07) is 5.62. The average Bonchev–Trinajstić information content (AvgIpc) is 2.94. The lowest BCUT2D eigenvalue weighted by atomic mass is 10.1. The van der Waals surface area contributed by atoms with E-state index in [1.54, 1.807) is 23.5 Å². The zero-order valence-electron chi connectivity index (χ0n) is 14.7. The summed E-state index contributed by atoms with van der Waals surface area (Å²) in [4.78, 5) is 7.07. The molecular formula is C17H23N3O3S2. The number of hydrogen-bond donors (Lipinski definition) is 1. The van der Waals surface area contributed by atoms with Crippen molar-refractivity contribution in [1.82, 2.24) is 9.29 Å². The van der Waals surface area contributed by atoms with Crippen molar-refractivity contribution in [1.29, 1.82) is 0 Å². The molecule has 1 fully saturated rings. The topological polar surface area (TPSA) is 71.5 Å². The number of thiophene rings is 1. The Balaban J connectivity index is 1.72. The van der Waals surface area contributed by atoms with Gasteiger partial charge in [0.25, 0.3) is 0 Å². The van der Waals surface area contributed by atoms with Gasteiger partial charge >= 0.3 is 0 Å². The fraction of sp³-hybridized carbons (Fsp3) is 0.471. The van der Waals surface area contributed by atoms with E-state index in [2.05, 4.69) is 37.1 Å². The van der Waals surface area contributed by atoms with Crippen LogP contribution < -0.4 is 5.32 Å². The predicted molar refractivity (Wildman–Crippen MR) is 99.6 cm³/mol. The molecule has 0 radical (unpaired) electrons. The molecule has 8 heteroatoms. The summed E-state index contributed by atoms with van der Waals surface area (Å²) in [6.45, 7) is 7.92. The van der Waals surface area contributed by atoms with E-state index in [-0.39, 0.29) is 10.9 Å². The molecular weight excluding hydrogens is 358 g/mol. The molecule has 1 N–H and O–H groups in total. The quantitative estimate of drug-likeness (QED) is 0.862. The first kappa shape index (κ1) is 18.3. The molecule has 1 aliphatic rings. The van der Waals surface area contributed by atoms with Gasteiger partial charge < -0.3 is 10.1 Å². The smallest absolute Gasteiger partial charge is 0.244 e. The van der Waals surface area contributed by atoms with E-state index in [0.29, 0.717) is 32.1 Å². The van der Waals surface area contributed by atoms with Crippen LogP contribution in [0.1, 0.15) is 28.3 Å². The van der Waals surface area contributed by atoms with Gasteiger partial charge in [-0.3, -0.25) is 0 Å². The van der Waals surface area contributed by atoms with Crippen molar-refractivity contribution in [3.63, 3.8) is 0 Å². The molecule has 0 aromatic carbocycles. The van der Waals surface area contributed by atoms with Gasteiger partial charge in [0.05, 0.1) is 19.3 Å². The molecule has 1 unspecified atom stereocenters. The van der Waals surface area contributed by atoms with Crippen LogP contribution in [0.3, 0.4) is 0 Å². The Hall–Kier alpha value is -1.48. The van der Waals surface area contributed by atoms with Gasteiger partial charge in [0.1, 0.15) is 10.7 Å². The highest BCUT2D eigenvalue weighted by Gasteiger charge is 2.26. The molecule has 0 saturated carbocycles. The van der Waals surface area contributed by atoms with Crippen LogP contribution in [0.25, 0.3) is 0 Å². The number of aryl methyl sites for hydroxylation is 2. The predicted octanol–water partition coefficient (Wildman–Crippen LogP) is 2.95. The van der Waals surface area contributed by atoms with Crippen LogP contribution in [0.15, 0.2) is 29.3 Å². The van der Waals surface area contributed by atoms with Crippen LogP contribution in [0, 0.1) is 13.8 Å². The second-order valence-corrected chi connectivity index (χ2v) is 9.53. The van der Waals surface area contributed by atoms with Gasteiger partial charge in [-0.1, -0.05) is 0 Å². The second-order valence-electron chi connectivity index (χ2n) is 6.13. The van der Waals surface area contributed by atoms with Crippen molar-refractivity contribution in [2.45, 2.75) is 31.7 Å². The number of nitrogens with zero attached hydrogens (tertiary/aromatic N) is 2. The van der Waals surface area contributed by atoms with Crippen LogP contribution >= 0.6 is 11.3 Å². The summed E-state index contributed by atoms with van der Waals surface area (Å²) >= 11 is 1.77. The van der Waals surface area contributed by atoms with Crippen LogP contribution in [0.5, 0.6) is 0 Å². The van der Waals surface area contributed by atoms with Gasteiger partial charge in [-0.05, 0) is 44.5 Å². The zero-order chi connectivity index (χ0) is 18.0. The Labute approximate surface area is 152 Å². The first-order valence-corrected chi connectivity index (χ1v) is 10.5. The number of ether oxygens (including phenoxy) is 1. The second kappa shape index (κ2) is 7.41. The maximum absolute atomic E-state index is 12.6. The Bertz CT molecular complexity index is 825. The molecule has 0 amide bonds. The lowest BCUT2D eigenvalue weighted by Gasteiger charge is -2.26. The summed E-state index contributed by atoms with van der Waals surface area (Å²) in [5.41, 5.74) is 1.24. The Morgan fingerprint density at radius 1 is 1.28 bits per heavy atom. The molecule has 2 aromatic heterocycles. The summed E-state index contributed by atoms with van der Waals surface area (Å²) < 4.78 is 31.9. The van der Waals surface area contributed by atoms with E-state index in [0.717, 1.165) is 0 Å². The first-order chi connectivity index (χ1) is 11.9. The standard InChI is InChI=1S/C17H23N3O3S2/c1-12-10-16(14(3)24-12)13(2)19-17-5-4-15(11-18-17)25(21,22)20-6-8-23-9-7-20/h4-5,10-11,13H,6-9H2,1-3H3,(H,18,19). The number of nitrogens with one attached hydrogen (secondary N) is 1. The summed E-state index contributed by atoms with van der Waals surface area (Å²) in [6.07, 6.45) is 1.42. The molecule has 1 saturated heterocycles. The van der Waals surface area contributed by atoms with Crippen LogP contribution in [0.2, 0.25) is 0 Å². The van der Waals surface area contributed by atoms with Crippen molar-refractivity contribution in [2.75, 3.05) is 31.6 Å². The SMILES string of the molecule is Cc1cc(C(C)Nc2ccc(S(=O)(=O)N3CCOCC3)cn2)c(C)s1. The third-order valence-corrected chi connectivity index (χ3v) is 7.12. The van der Waals surface area contributed by atoms with E-state index in [4.69, 9.17) is 4.74 Å². The third-order valence-electron chi connectivity index (χ3n) is 4.25. The maximum atomic E-state index is 12.6. The number of anilines is 1. The Kier molecular flexibility index (Phi) is 5.43. The number of morpholine rings is 1. The Morgan fingerprint density at radius 2 is 2.00 bits per heavy atom. The number of aromatic nitrogens is 1. The molecule has 1 aliphatic heterocycles. The normalized spacial score (nSPS) is 17.4. The highest BCUT2D eigenvalue weighted by Crippen LogP contribution is 2.28.